The van der Waals surface area contributed by atoms with Crippen LogP contribution in [-0.2, 0) is 9.53 Å². The number of carbonyl (C=O) groups is 1. The van der Waals surface area contributed by atoms with Crippen LogP contribution in [0, 0.1) is 0 Å². The Labute approximate surface area is 54.0 Å². The third-order valence-electron chi connectivity index (χ3n) is 0.690. The zero-order chi connectivity index (χ0) is 7.11. The van der Waals surface area contributed by atoms with Gasteiger partial charge in [-0.15, -0.1) is 0 Å². The van der Waals surface area contributed by atoms with E-state index >= 15 is 0 Å². The molecule has 0 aliphatic carbocycles. The zero-order valence-electron chi connectivity index (χ0n) is 5.33. The lowest BCUT2D eigenvalue weighted by Crippen LogP contribution is -1.93. The fraction of sp³-hybridized carbons (Fsp3) is 0.333. The molecule has 0 radical (unpaired) electrons. The SMILES string of the molecule is C=NC/C=C/C(=O)OC. The Morgan fingerprint density at radius 3 is 3.00 bits per heavy atom. The van der Waals surface area contributed by atoms with Gasteiger partial charge in [-0.2, -0.15) is 0 Å². The molecule has 0 unspecified atom stereocenters. The molecular formula is C6H9NO2. The highest BCUT2D eigenvalue weighted by atomic mass is 16.5. The van der Waals surface area contributed by atoms with Crippen LogP contribution < -0.4 is 0 Å². The van der Waals surface area contributed by atoms with Gasteiger partial charge >= 0.3 is 5.97 Å². The van der Waals surface area contributed by atoms with E-state index in [1.165, 1.54) is 13.2 Å². The second-order valence-electron chi connectivity index (χ2n) is 1.33. The molecule has 0 heterocycles. The Kier molecular flexibility index (Phi) is 4.40. The van der Waals surface area contributed by atoms with E-state index in [-0.39, 0.29) is 5.97 Å². The standard InChI is InChI=1S/C6H9NO2/c1-7-5-3-4-6(8)9-2/h3-4H,1,5H2,2H3/b4-3+. The third-order valence-corrected chi connectivity index (χ3v) is 0.690. The summed E-state index contributed by atoms with van der Waals surface area (Å²) in [6.45, 7) is 3.68. The van der Waals surface area contributed by atoms with Crippen molar-refractivity contribution >= 4 is 12.7 Å². The summed E-state index contributed by atoms with van der Waals surface area (Å²) < 4.78 is 4.31. The summed E-state index contributed by atoms with van der Waals surface area (Å²) in [7, 11) is 1.33. The van der Waals surface area contributed by atoms with Gasteiger partial charge < -0.3 is 4.74 Å². The normalized spacial score (nSPS) is 9.44. The van der Waals surface area contributed by atoms with Gasteiger partial charge in [0.05, 0.1) is 13.7 Å². The number of esters is 1. The Bertz CT molecular complexity index is 129. The van der Waals surface area contributed by atoms with Gasteiger partial charge in [0.15, 0.2) is 0 Å². The fourth-order valence-electron chi connectivity index (χ4n) is 0.292. The maximum atomic E-state index is 10.3. The van der Waals surface area contributed by atoms with Gasteiger partial charge in [-0.3, -0.25) is 4.99 Å². The summed E-state index contributed by atoms with van der Waals surface area (Å²) in [4.78, 5) is 13.8. The van der Waals surface area contributed by atoms with Gasteiger partial charge in [-0.1, -0.05) is 6.08 Å². The van der Waals surface area contributed by atoms with E-state index in [2.05, 4.69) is 16.4 Å². The number of carbonyl (C=O) groups excluding carboxylic acids is 1. The van der Waals surface area contributed by atoms with Crippen molar-refractivity contribution in [2.45, 2.75) is 0 Å². The van der Waals surface area contributed by atoms with Crippen molar-refractivity contribution in [1.29, 1.82) is 0 Å². The maximum absolute atomic E-state index is 10.3. The van der Waals surface area contributed by atoms with E-state index < -0.39 is 0 Å². The molecule has 0 aromatic rings. The predicted molar refractivity (Wildman–Crippen MR) is 35.6 cm³/mol. The average Bonchev–Trinajstić information content (AvgIpc) is 1.89. The van der Waals surface area contributed by atoms with Crippen molar-refractivity contribution in [3.63, 3.8) is 0 Å². The molecule has 0 N–H and O–H groups in total. The van der Waals surface area contributed by atoms with E-state index in [4.69, 9.17) is 0 Å². The number of methoxy groups -OCH3 is 1. The molecule has 0 saturated heterocycles. The second-order valence-corrected chi connectivity index (χ2v) is 1.33. The van der Waals surface area contributed by atoms with Crippen LogP contribution in [0.25, 0.3) is 0 Å². The first-order valence-electron chi connectivity index (χ1n) is 2.48. The minimum absolute atomic E-state index is 0.362. The predicted octanol–water partition coefficient (Wildman–Crippen LogP) is 0.416. The van der Waals surface area contributed by atoms with E-state index in [1.807, 2.05) is 0 Å². The molecule has 0 aromatic carbocycles. The highest BCUT2D eigenvalue weighted by molar-refractivity contribution is 5.81. The number of nitrogens with zero attached hydrogens (tertiary/aromatic N) is 1. The molecule has 0 bridgehead atoms. The van der Waals surface area contributed by atoms with Crippen molar-refractivity contribution < 1.29 is 9.53 Å². The van der Waals surface area contributed by atoms with Crippen LogP contribution in [0.3, 0.4) is 0 Å². The monoisotopic (exact) mass is 127 g/mol. The average molecular weight is 127 g/mol. The molecule has 0 aliphatic rings. The lowest BCUT2D eigenvalue weighted by Gasteiger charge is -1.86. The van der Waals surface area contributed by atoms with Crippen LogP contribution in [0.15, 0.2) is 17.1 Å². The number of hydrogen-bond donors (Lipinski definition) is 0. The van der Waals surface area contributed by atoms with E-state index in [1.54, 1.807) is 6.08 Å². The lowest BCUT2D eigenvalue weighted by atomic mass is 10.5. The number of ether oxygens (including phenoxy) is 1. The Morgan fingerprint density at radius 2 is 2.56 bits per heavy atom. The van der Waals surface area contributed by atoms with Crippen molar-refractivity contribution in [2.24, 2.45) is 4.99 Å². The minimum atomic E-state index is -0.362. The lowest BCUT2D eigenvalue weighted by molar-refractivity contribution is -0.134. The molecule has 0 aliphatic heterocycles. The quantitative estimate of drug-likeness (QED) is 0.313. The highest BCUT2D eigenvalue weighted by Crippen LogP contribution is 1.77. The van der Waals surface area contributed by atoms with Crippen LogP contribution in [0.4, 0.5) is 0 Å². The van der Waals surface area contributed by atoms with Crippen molar-refractivity contribution in [2.75, 3.05) is 13.7 Å². The first-order valence-corrected chi connectivity index (χ1v) is 2.48. The van der Waals surface area contributed by atoms with Crippen LogP contribution in [-0.4, -0.2) is 26.3 Å². The summed E-state index contributed by atoms with van der Waals surface area (Å²) in [6, 6.07) is 0. The van der Waals surface area contributed by atoms with Gasteiger partial charge in [0, 0.05) is 6.08 Å². The molecule has 0 saturated carbocycles. The topological polar surface area (TPSA) is 38.7 Å². The van der Waals surface area contributed by atoms with E-state index in [0.717, 1.165) is 0 Å². The Morgan fingerprint density at radius 1 is 1.89 bits per heavy atom. The van der Waals surface area contributed by atoms with E-state index in [9.17, 15) is 4.79 Å². The first kappa shape index (κ1) is 7.88. The molecule has 0 atom stereocenters. The number of aliphatic imine (C=N–C) groups is 1. The molecule has 0 rings (SSSR count). The molecule has 3 nitrogen and oxygen atoms in total. The van der Waals surface area contributed by atoms with Crippen molar-refractivity contribution in [3.05, 3.63) is 12.2 Å². The van der Waals surface area contributed by atoms with Gasteiger partial charge in [0.2, 0.25) is 0 Å². The van der Waals surface area contributed by atoms with Gasteiger partial charge in [-0.05, 0) is 6.72 Å². The summed E-state index contributed by atoms with van der Waals surface area (Å²) in [6.07, 6.45) is 2.90. The van der Waals surface area contributed by atoms with Crippen LogP contribution in [0.5, 0.6) is 0 Å². The Hall–Kier alpha value is -1.12. The summed E-state index contributed by atoms with van der Waals surface area (Å²) in [5.74, 6) is -0.362. The van der Waals surface area contributed by atoms with Crippen LogP contribution >= 0.6 is 0 Å². The largest absolute Gasteiger partial charge is 0.466 e. The molecule has 50 valence electrons. The van der Waals surface area contributed by atoms with Crippen molar-refractivity contribution in [3.8, 4) is 0 Å². The van der Waals surface area contributed by atoms with Gasteiger partial charge in [-0.25, -0.2) is 4.79 Å². The molecule has 0 aromatic heterocycles. The smallest absolute Gasteiger partial charge is 0.330 e. The van der Waals surface area contributed by atoms with Gasteiger partial charge in [0.25, 0.3) is 0 Å². The third kappa shape index (κ3) is 4.74. The Balaban J connectivity index is 3.43. The molecule has 9 heavy (non-hydrogen) atoms. The summed E-state index contributed by atoms with van der Waals surface area (Å²) >= 11 is 0. The molecular weight excluding hydrogens is 118 g/mol. The zero-order valence-corrected chi connectivity index (χ0v) is 5.33. The molecule has 0 fully saturated rings. The van der Waals surface area contributed by atoms with Crippen molar-refractivity contribution in [1.82, 2.24) is 0 Å². The van der Waals surface area contributed by atoms with Gasteiger partial charge in [0.1, 0.15) is 0 Å². The summed E-state index contributed by atoms with van der Waals surface area (Å²) in [5.41, 5.74) is 0. The fourth-order valence-corrected chi connectivity index (χ4v) is 0.292. The summed E-state index contributed by atoms with van der Waals surface area (Å²) in [5, 5.41) is 0. The molecule has 3 heteroatoms. The van der Waals surface area contributed by atoms with E-state index in [0.29, 0.717) is 6.54 Å². The number of hydrogen-bond acceptors (Lipinski definition) is 3. The highest BCUT2D eigenvalue weighted by Gasteiger charge is 1.86. The maximum Gasteiger partial charge on any atom is 0.330 e. The first-order chi connectivity index (χ1) is 4.31. The van der Waals surface area contributed by atoms with Crippen LogP contribution in [0.1, 0.15) is 0 Å². The molecule has 0 amide bonds. The van der Waals surface area contributed by atoms with Crippen LogP contribution in [0.2, 0.25) is 0 Å². The molecule has 0 spiro atoms. The second kappa shape index (κ2) is 5.03. The number of rotatable bonds is 3. The minimum Gasteiger partial charge on any atom is -0.466 e.